The minimum atomic E-state index is 0.487. The monoisotopic (exact) mass is 210 g/mol. The summed E-state index contributed by atoms with van der Waals surface area (Å²) < 4.78 is 0. The largest absolute Gasteiger partial charge is 0.328 e. The molecule has 2 aliphatic carbocycles. The maximum absolute atomic E-state index is 6.04. The second-order valence-electron chi connectivity index (χ2n) is 5.67. The van der Waals surface area contributed by atoms with Crippen LogP contribution < -0.4 is 5.73 Å². The van der Waals surface area contributed by atoms with Crippen LogP contribution in [0.15, 0.2) is 0 Å². The van der Waals surface area contributed by atoms with Gasteiger partial charge in [-0.1, -0.05) is 19.3 Å². The number of rotatable bonds is 3. The maximum atomic E-state index is 6.04. The van der Waals surface area contributed by atoms with Crippen molar-refractivity contribution in [3.8, 4) is 0 Å². The van der Waals surface area contributed by atoms with Crippen LogP contribution in [0.2, 0.25) is 0 Å². The van der Waals surface area contributed by atoms with E-state index >= 15 is 0 Å². The van der Waals surface area contributed by atoms with Gasteiger partial charge in [-0.15, -0.1) is 0 Å². The summed E-state index contributed by atoms with van der Waals surface area (Å²) in [7, 11) is 2.32. The second-order valence-corrected chi connectivity index (χ2v) is 5.67. The molecule has 2 heteroatoms. The van der Waals surface area contributed by atoms with Crippen molar-refractivity contribution >= 4 is 0 Å². The average molecular weight is 210 g/mol. The van der Waals surface area contributed by atoms with E-state index in [2.05, 4.69) is 11.9 Å². The van der Waals surface area contributed by atoms with E-state index in [1.165, 1.54) is 57.9 Å². The molecule has 0 aliphatic heterocycles. The molecule has 88 valence electrons. The van der Waals surface area contributed by atoms with E-state index in [0.29, 0.717) is 6.04 Å². The third-order valence-corrected chi connectivity index (χ3v) is 4.32. The second kappa shape index (κ2) is 5.31. The van der Waals surface area contributed by atoms with Gasteiger partial charge in [-0.3, -0.25) is 0 Å². The van der Waals surface area contributed by atoms with Gasteiger partial charge in [0.2, 0.25) is 0 Å². The predicted octanol–water partition coefficient (Wildman–Crippen LogP) is 2.38. The Balaban J connectivity index is 1.74. The van der Waals surface area contributed by atoms with Crippen molar-refractivity contribution in [1.82, 2.24) is 4.90 Å². The molecule has 2 N–H and O–H groups in total. The van der Waals surface area contributed by atoms with Crippen LogP contribution in [-0.2, 0) is 0 Å². The van der Waals surface area contributed by atoms with Gasteiger partial charge in [0, 0.05) is 18.6 Å². The van der Waals surface area contributed by atoms with Crippen molar-refractivity contribution in [3.05, 3.63) is 0 Å². The molecule has 0 saturated heterocycles. The van der Waals surface area contributed by atoms with E-state index in [1.807, 2.05) is 0 Å². The van der Waals surface area contributed by atoms with Gasteiger partial charge in [0.1, 0.15) is 0 Å². The highest BCUT2D eigenvalue weighted by Gasteiger charge is 2.24. The van der Waals surface area contributed by atoms with Crippen LogP contribution in [0.3, 0.4) is 0 Å². The zero-order valence-corrected chi connectivity index (χ0v) is 10.1. The zero-order chi connectivity index (χ0) is 10.7. The SMILES string of the molecule is CN(CC1CCCC(N)C1)C1CCCC1. The van der Waals surface area contributed by atoms with Gasteiger partial charge in [-0.25, -0.2) is 0 Å². The lowest BCUT2D eigenvalue weighted by Crippen LogP contribution is -2.38. The highest BCUT2D eigenvalue weighted by molar-refractivity contribution is 4.81. The molecular weight excluding hydrogens is 184 g/mol. The van der Waals surface area contributed by atoms with Crippen LogP contribution in [-0.4, -0.2) is 30.6 Å². The molecule has 2 nitrogen and oxygen atoms in total. The fraction of sp³-hybridized carbons (Fsp3) is 1.00. The average Bonchev–Trinajstić information content (AvgIpc) is 2.70. The smallest absolute Gasteiger partial charge is 0.00923 e. The molecule has 0 amide bonds. The molecule has 0 spiro atoms. The Morgan fingerprint density at radius 1 is 1.07 bits per heavy atom. The molecule has 0 bridgehead atoms. The van der Waals surface area contributed by atoms with Crippen molar-refractivity contribution < 1.29 is 0 Å². The highest BCUT2D eigenvalue weighted by Crippen LogP contribution is 2.27. The van der Waals surface area contributed by atoms with Crippen molar-refractivity contribution in [3.63, 3.8) is 0 Å². The summed E-state index contributed by atoms with van der Waals surface area (Å²) in [4.78, 5) is 2.61. The summed E-state index contributed by atoms with van der Waals surface area (Å²) in [6.07, 6.45) is 11.0. The molecule has 2 fully saturated rings. The minimum absolute atomic E-state index is 0.487. The van der Waals surface area contributed by atoms with E-state index in [4.69, 9.17) is 5.73 Å². The molecule has 0 aromatic heterocycles. The van der Waals surface area contributed by atoms with Gasteiger partial charge in [0.05, 0.1) is 0 Å². The van der Waals surface area contributed by atoms with E-state index in [1.54, 1.807) is 0 Å². The summed E-state index contributed by atoms with van der Waals surface area (Å²) >= 11 is 0. The molecule has 0 aromatic carbocycles. The van der Waals surface area contributed by atoms with Crippen LogP contribution in [0.5, 0.6) is 0 Å². The Kier molecular flexibility index (Phi) is 4.04. The van der Waals surface area contributed by atoms with Gasteiger partial charge in [-0.05, 0) is 45.1 Å². The fourth-order valence-electron chi connectivity index (χ4n) is 3.40. The van der Waals surface area contributed by atoms with Crippen molar-refractivity contribution in [1.29, 1.82) is 0 Å². The molecule has 0 heterocycles. The lowest BCUT2D eigenvalue weighted by atomic mass is 9.85. The summed E-state index contributed by atoms with van der Waals surface area (Å²) in [5.41, 5.74) is 6.04. The summed E-state index contributed by atoms with van der Waals surface area (Å²) in [5, 5.41) is 0. The summed E-state index contributed by atoms with van der Waals surface area (Å²) in [6.45, 7) is 1.29. The van der Waals surface area contributed by atoms with Crippen molar-refractivity contribution in [2.75, 3.05) is 13.6 Å². The number of nitrogens with two attached hydrogens (primary N) is 1. The third-order valence-electron chi connectivity index (χ3n) is 4.32. The molecule has 2 rings (SSSR count). The molecule has 0 aromatic rings. The summed E-state index contributed by atoms with van der Waals surface area (Å²) in [6, 6.07) is 1.36. The number of hydrogen-bond donors (Lipinski definition) is 1. The van der Waals surface area contributed by atoms with Crippen LogP contribution in [0.4, 0.5) is 0 Å². The van der Waals surface area contributed by atoms with E-state index in [-0.39, 0.29) is 0 Å². The van der Waals surface area contributed by atoms with Gasteiger partial charge in [0.15, 0.2) is 0 Å². The predicted molar refractivity (Wildman–Crippen MR) is 64.8 cm³/mol. The van der Waals surface area contributed by atoms with Crippen molar-refractivity contribution in [2.45, 2.75) is 63.5 Å². The first-order valence-corrected chi connectivity index (χ1v) is 6.71. The first-order valence-electron chi connectivity index (χ1n) is 6.71. The Morgan fingerprint density at radius 3 is 2.47 bits per heavy atom. The molecule has 2 atom stereocenters. The van der Waals surface area contributed by atoms with Gasteiger partial charge >= 0.3 is 0 Å². The van der Waals surface area contributed by atoms with E-state index in [0.717, 1.165) is 12.0 Å². The third kappa shape index (κ3) is 3.18. The zero-order valence-electron chi connectivity index (χ0n) is 10.1. The Labute approximate surface area is 94.2 Å². The maximum Gasteiger partial charge on any atom is 0.00923 e. The Morgan fingerprint density at radius 2 is 1.80 bits per heavy atom. The normalized spacial score (nSPS) is 33.8. The lowest BCUT2D eigenvalue weighted by molar-refractivity contribution is 0.177. The Hall–Kier alpha value is -0.0800. The molecular formula is C13H26N2. The fourth-order valence-corrected chi connectivity index (χ4v) is 3.40. The van der Waals surface area contributed by atoms with Crippen molar-refractivity contribution in [2.24, 2.45) is 11.7 Å². The molecule has 2 aliphatic rings. The lowest BCUT2D eigenvalue weighted by Gasteiger charge is -2.32. The first kappa shape index (κ1) is 11.4. The van der Waals surface area contributed by atoms with Crippen LogP contribution in [0, 0.1) is 5.92 Å². The van der Waals surface area contributed by atoms with Gasteiger partial charge in [-0.2, -0.15) is 0 Å². The van der Waals surface area contributed by atoms with Crippen LogP contribution in [0.25, 0.3) is 0 Å². The van der Waals surface area contributed by atoms with Gasteiger partial charge in [0.25, 0.3) is 0 Å². The molecule has 2 unspecified atom stereocenters. The minimum Gasteiger partial charge on any atom is -0.328 e. The number of nitrogens with zero attached hydrogens (tertiary/aromatic N) is 1. The van der Waals surface area contributed by atoms with E-state index in [9.17, 15) is 0 Å². The van der Waals surface area contributed by atoms with Crippen LogP contribution >= 0.6 is 0 Å². The van der Waals surface area contributed by atoms with Gasteiger partial charge < -0.3 is 10.6 Å². The molecule has 2 saturated carbocycles. The topological polar surface area (TPSA) is 29.3 Å². The standard InChI is InChI=1S/C13H26N2/c1-15(13-7-2-3-8-13)10-11-5-4-6-12(14)9-11/h11-13H,2-10,14H2,1H3. The first-order chi connectivity index (χ1) is 7.25. The summed E-state index contributed by atoms with van der Waals surface area (Å²) in [5.74, 6) is 0.874. The molecule has 0 radical (unpaired) electrons. The quantitative estimate of drug-likeness (QED) is 0.775. The van der Waals surface area contributed by atoms with Crippen LogP contribution in [0.1, 0.15) is 51.4 Å². The van der Waals surface area contributed by atoms with E-state index < -0.39 is 0 Å². The molecule has 15 heavy (non-hydrogen) atoms. The Bertz CT molecular complexity index is 187. The number of hydrogen-bond acceptors (Lipinski definition) is 2. The highest BCUT2D eigenvalue weighted by atomic mass is 15.1.